The van der Waals surface area contributed by atoms with E-state index in [9.17, 15) is 33.0 Å². The summed E-state index contributed by atoms with van der Waals surface area (Å²) in [6, 6.07) is 11.6. The lowest BCUT2D eigenvalue weighted by atomic mass is 9.78. The van der Waals surface area contributed by atoms with Crippen LogP contribution in [0.3, 0.4) is 0 Å². The van der Waals surface area contributed by atoms with Gasteiger partial charge in [-0.05, 0) is 41.4 Å². The number of amides is 1. The fourth-order valence-corrected chi connectivity index (χ4v) is 4.95. The first-order valence-electron chi connectivity index (χ1n) is 13.0. The van der Waals surface area contributed by atoms with Gasteiger partial charge in [0.15, 0.2) is 5.78 Å². The normalized spacial score (nSPS) is 19.5. The number of aromatic hydroxyl groups is 1. The Labute approximate surface area is 227 Å². The minimum Gasteiger partial charge on any atom is -0.507 e. The van der Waals surface area contributed by atoms with Gasteiger partial charge in [-0.25, -0.2) is 0 Å². The lowest BCUT2D eigenvalue weighted by Crippen LogP contribution is -2.41. The summed E-state index contributed by atoms with van der Waals surface area (Å²) < 4.78 is 39.7. The number of aliphatic imine (C=N–C) groups is 1. The maximum absolute atomic E-state index is 13.7. The molecule has 1 fully saturated rings. The van der Waals surface area contributed by atoms with Gasteiger partial charge in [-0.2, -0.15) is 18.2 Å². The molecule has 2 aromatic carbocycles. The van der Waals surface area contributed by atoms with Crippen molar-refractivity contribution in [2.24, 2.45) is 10.9 Å². The Kier molecular flexibility index (Phi) is 8.65. The van der Waals surface area contributed by atoms with Crippen molar-refractivity contribution in [3.63, 3.8) is 0 Å². The molecule has 2 atom stereocenters. The van der Waals surface area contributed by atoms with Gasteiger partial charge in [-0.3, -0.25) is 9.59 Å². The molecule has 39 heavy (non-hydrogen) atoms. The van der Waals surface area contributed by atoms with Crippen LogP contribution in [-0.2, 0) is 22.0 Å². The zero-order valence-electron chi connectivity index (χ0n) is 23.3. The van der Waals surface area contributed by atoms with Crippen LogP contribution in [-0.4, -0.2) is 58.0 Å². The van der Waals surface area contributed by atoms with Crippen LogP contribution in [0.5, 0.6) is 5.75 Å². The van der Waals surface area contributed by atoms with Crippen LogP contribution in [0.1, 0.15) is 75.0 Å². The highest BCUT2D eigenvalue weighted by molar-refractivity contribution is 6.04. The van der Waals surface area contributed by atoms with Gasteiger partial charge < -0.3 is 15.1 Å². The Morgan fingerprint density at radius 2 is 1.51 bits per heavy atom. The van der Waals surface area contributed by atoms with E-state index in [1.807, 2.05) is 59.7 Å². The number of carbonyl (C=O) groups excluding carboxylic acids is 2. The van der Waals surface area contributed by atoms with Crippen molar-refractivity contribution in [1.29, 1.82) is 0 Å². The minimum absolute atomic E-state index is 0.0990. The molecule has 1 saturated heterocycles. The topological polar surface area (TPSA) is 90.2 Å². The number of amidine groups is 1. The highest BCUT2D eigenvalue weighted by Gasteiger charge is 2.43. The quantitative estimate of drug-likeness (QED) is 0.462. The highest BCUT2D eigenvalue weighted by Crippen LogP contribution is 2.40. The lowest BCUT2D eigenvalue weighted by molar-refractivity contribution is -0.169. The van der Waals surface area contributed by atoms with E-state index in [0.717, 1.165) is 5.56 Å². The van der Waals surface area contributed by atoms with E-state index in [2.05, 4.69) is 4.99 Å². The summed E-state index contributed by atoms with van der Waals surface area (Å²) in [5, 5.41) is 21.1. The molecule has 0 bridgehead atoms. The van der Waals surface area contributed by atoms with Crippen LogP contribution >= 0.6 is 0 Å². The Balaban J connectivity index is 2.06. The Bertz CT molecular complexity index is 1210. The van der Waals surface area contributed by atoms with Crippen LogP contribution in [0, 0.1) is 5.92 Å². The molecule has 1 amide bonds. The summed E-state index contributed by atoms with van der Waals surface area (Å²) in [5.41, 5.74) is 1.28. The number of aliphatic hydroxyl groups excluding tert-OH is 1. The molecule has 0 aliphatic carbocycles. The number of rotatable bonds is 6. The monoisotopic (exact) mass is 546 g/mol. The van der Waals surface area contributed by atoms with Gasteiger partial charge in [0.05, 0.1) is 19.2 Å². The fourth-order valence-electron chi connectivity index (χ4n) is 4.95. The first kappa shape index (κ1) is 30.3. The third kappa shape index (κ3) is 7.06. The number of phenolic OH excluding ortho intramolecular Hbond substituents is 1. The van der Waals surface area contributed by atoms with Gasteiger partial charge in [0.25, 0.3) is 0 Å². The zero-order chi connectivity index (χ0) is 29.3. The number of Topliss-reactive ketones (excluding diaryl/α,β-unsaturated/α-hetero) is 1. The molecule has 1 heterocycles. The lowest BCUT2D eigenvalue weighted by Gasteiger charge is -2.29. The van der Waals surface area contributed by atoms with E-state index < -0.39 is 47.3 Å². The van der Waals surface area contributed by atoms with E-state index in [4.69, 9.17) is 0 Å². The number of phenols is 1. The molecule has 0 radical (unpaired) electrons. The van der Waals surface area contributed by atoms with Crippen molar-refractivity contribution in [1.82, 2.24) is 4.90 Å². The molecular weight excluding hydrogens is 509 g/mol. The van der Waals surface area contributed by atoms with Crippen molar-refractivity contribution in [3.8, 4) is 5.75 Å². The second-order valence-corrected chi connectivity index (χ2v) is 12.2. The summed E-state index contributed by atoms with van der Waals surface area (Å²) in [5.74, 6) is -3.32. The molecular formula is C30H37F3N2O4. The SMILES string of the molecule is CC(C)(C)c1cc(C(=O)CN2C(=NC(=O)C(F)(F)F)[C@H](Cc3ccccc3)C[C@H]2CO)cc(C(C)(C)C)c1O. The van der Waals surface area contributed by atoms with Gasteiger partial charge in [0.2, 0.25) is 0 Å². The number of hydrogen-bond donors (Lipinski definition) is 2. The van der Waals surface area contributed by atoms with Gasteiger partial charge in [0, 0.05) is 22.6 Å². The predicted molar refractivity (Wildman–Crippen MR) is 144 cm³/mol. The second-order valence-electron chi connectivity index (χ2n) is 12.2. The van der Waals surface area contributed by atoms with Crippen molar-refractivity contribution in [2.75, 3.05) is 13.2 Å². The number of carbonyl (C=O) groups is 2. The maximum Gasteiger partial charge on any atom is 0.473 e. The molecule has 2 aromatic rings. The molecule has 212 valence electrons. The van der Waals surface area contributed by atoms with E-state index in [1.165, 1.54) is 4.90 Å². The van der Waals surface area contributed by atoms with Gasteiger partial charge in [-0.1, -0.05) is 71.9 Å². The number of benzene rings is 2. The Morgan fingerprint density at radius 1 is 0.974 bits per heavy atom. The molecule has 6 nitrogen and oxygen atoms in total. The standard InChI is InChI=1S/C30H37F3N2O4/c1-28(2,3)22-14-19(15-23(25(22)38)29(4,5)6)24(37)16-35-21(17-36)13-20(12-18-10-8-7-9-11-18)26(35)34-27(39)30(31,32)33/h7-11,14-15,20-21,36,38H,12-13,16-17H2,1-6H3/t20-,21+/m1/s1. The summed E-state index contributed by atoms with van der Waals surface area (Å²) >= 11 is 0. The number of alkyl halides is 3. The van der Waals surface area contributed by atoms with Crippen molar-refractivity contribution in [3.05, 3.63) is 64.7 Å². The number of likely N-dealkylation sites (tertiary alicyclic amines) is 1. The van der Waals surface area contributed by atoms with Crippen molar-refractivity contribution in [2.45, 2.75) is 77.4 Å². The number of halogens is 3. The third-order valence-corrected chi connectivity index (χ3v) is 7.01. The Morgan fingerprint density at radius 3 is 1.97 bits per heavy atom. The van der Waals surface area contributed by atoms with E-state index in [0.29, 0.717) is 17.5 Å². The zero-order valence-corrected chi connectivity index (χ0v) is 23.3. The molecule has 9 heteroatoms. The molecule has 0 unspecified atom stereocenters. The molecule has 1 aliphatic rings. The fraction of sp³-hybridized carbons (Fsp3) is 0.500. The van der Waals surface area contributed by atoms with Crippen LogP contribution in [0.15, 0.2) is 47.5 Å². The van der Waals surface area contributed by atoms with Crippen molar-refractivity contribution < 1.29 is 33.0 Å². The maximum atomic E-state index is 13.7. The van der Waals surface area contributed by atoms with E-state index >= 15 is 0 Å². The molecule has 1 aliphatic heterocycles. The largest absolute Gasteiger partial charge is 0.507 e. The van der Waals surface area contributed by atoms with Gasteiger partial charge in [0.1, 0.15) is 11.6 Å². The summed E-state index contributed by atoms with van der Waals surface area (Å²) in [6.07, 6.45) is -4.64. The first-order chi connectivity index (χ1) is 17.9. The number of aliphatic hydroxyl groups is 1. The predicted octanol–water partition coefficient (Wildman–Crippen LogP) is 5.58. The Hall–Kier alpha value is -3.20. The van der Waals surface area contributed by atoms with Crippen molar-refractivity contribution >= 4 is 17.5 Å². The van der Waals surface area contributed by atoms with Crippen LogP contribution in [0.25, 0.3) is 0 Å². The summed E-state index contributed by atoms with van der Waals surface area (Å²) in [4.78, 5) is 30.4. The van der Waals surface area contributed by atoms with Gasteiger partial charge in [-0.15, -0.1) is 0 Å². The van der Waals surface area contributed by atoms with E-state index in [1.54, 1.807) is 24.3 Å². The minimum atomic E-state index is -5.17. The molecule has 0 saturated carbocycles. The van der Waals surface area contributed by atoms with Crippen LogP contribution in [0.2, 0.25) is 0 Å². The van der Waals surface area contributed by atoms with Gasteiger partial charge >= 0.3 is 12.1 Å². The smallest absolute Gasteiger partial charge is 0.473 e. The average Bonchev–Trinajstić information content (AvgIpc) is 3.13. The number of hydrogen-bond acceptors (Lipinski definition) is 4. The first-order valence-corrected chi connectivity index (χ1v) is 13.0. The number of nitrogens with zero attached hydrogens (tertiary/aromatic N) is 2. The van der Waals surface area contributed by atoms with Crippen LogP contribution in [0.4, 0.5) is 13.2 Å². The third-order valence-electron chi connectivity index (χ3n) is 7.01. The van der Waals surface area contributed by atoms with E-state index in [-0.39, 0.29) is 30.1 Å². The summed E-state index contributed by atoms with van der Waals surface area (Å²) in [6.45, 7) is 10.7. The van der Waals surface area contributed by atoms with Crippen LogP contribution < -0.4 is 0 Å². The molecule has 2 N–H and O–H groups in total. The second kappa shape index (κ2) is 11.1. The average molecular weight is 547 g/mol. The highest BCUT2D eigenvalue weighted by atomic mass is 19.4. The number of ketones is 1. The molecule has 0 aromatic heterocycles. The molecule has 3 rings (SSSR count). The molecule has 0 spiro atoms. The summed E-state index contributed by atoms with van der Waals surface area (Å²) in [7, 11) is 0.